The van der Waals surface area contributed by atoms with Crippen LogP contribution < -0.4 is 5.32 Å². The van der Waals surface area contributed by atoms with Crippen LogP contribution >= 0.6 is 0 Å². The van der Waals surface area contributed by atoms with E-state index in [1.165, 1.54) is 11.3 Å². The zero-order valence-electron chi connectivity index (χ0n) is 15.2. The van der Waals surface area contributed by atoms with Crippen LogP contribution in [0, 0.1) is 5.92 Å². The molecule has 8 heteroatoms. The molecule has 1 saturated carbocycles. The summed E-state index contributed by atoms with van der Waals surface area (Å²) < 4.78 is 5.37. The number of rotatable bonds is 11. The molecule has 1 aliphatic heterocycles. The van der Waals surface area contributed by atoms with Crippen LogP contribution in [0.15, 0.2) is 0 Å². The van der Waals surface area contributed by atoms with Crippen LogP contribution in [0.2, 0.25) is 0 Å². The predicted octanol–water partition coefficient (Wildman–Crippen LogP) is 1.51. The average Bonchev–Trinajstić information content (AvgIpc) is 2.89. The predicted molar refractivity (Wildman–Crippen MR) is 93.5 cm³/mol. The Bertz CT molecular complexity index is 492. The van der Waals surface area contributed by atoms with Gasteiger partial charge in [-0.2, -0.15) is 0 Å². The maximum absolute atomic E-state index is 12.0. The van der Waals surface area contributed by atoms with Crippen molar-refractivity contribution in [3.8, 4) is 0 Å². The highest BCUT2D eigenvalue weighted by atomic mass is 16.5. The lowest BCUT2D eigenvalue weighted by atomic mass is 9.84. The lowest BCUT2D eigenvalue weighted by Gasteiger charge is -2.29. The van der Waals surface area contributed by atoms with Crippen molar-refractivity contribution in [2.24, 2.45) is 5.92 Å². The Hall–Kier alpha value is -1.67. The van der Waals surface area contributed by atoms with Crippen molar-refractivity contribution in [2.75, 3.05) is 19.8 Å². The third kappa shape index (κ3) is 6.25. The number of aliphatic hydroxyl groups is 1. The number of imide groups is 1. The molecule has 3 amide bonds. The highest BCUT2D eigenvalue weighted by Gasteiger charge is 2.38. The molecule has 0 radical (unpaired) electrons. The van der Waals surface area contributed by atoms with Gasteiger partial charge < -0.3 is 19.8 Å². The monoisotopic (exact) mass is 370 g/mol. The fourth-order valence-electron chi connectivity index (χ4n) is 3.74. The number of ether oxygens (including phenoxy) is 1. The number of hydrogen-bond acceptors (Lipinski definition) is 5. The Balaban J connectivity index is 1.73. The standard InChI is InChI=1S/C18H30N2O6/c21-15(13-5-2-1-3-6-13)8-10-20-14(17(24)19-18(20)25)9-12-26-11-4-7-16(22)23/h13-15,21H,1-12H2,(H,22,23)(H,19,24,25). The Morgan fingerprint density at radius 3 is 2.65 bits per heavy atom. The maximum Gasteiger partial charge on any atom is 0.324 e. The van der Waals surface area contributed by atoms with Gasteiger partial charge in [0, 0.05) is 32.6 Å². The molecule has 2 aliphatic rings. The van der Waals surface area contributed by atoms with Crippen LogP contribution in [0.5, 0.6) is 0 Å². The number of carbonyl (C=O) groups is 3. The van der Waals surface area contributed by atoms with Gasteiger partial charge in [-0.05, 0) is 31.6 Å². The summed E-state index contributed by atoms with van der Waals surface area (Å²) in [5.41, 5.74) is 0. The van der Waals surface area contributed by atoms with Gasteiger partial charge in [0.2, 0.25) is 0 Å². The minimum atomic E-state index is -0.864. The fraction of sp³-hybridized carbons (Fsp3) is 0.833. The first kappa shape index (κ1) is 20.6. The summed E-state index contributed by atoms with van der Waals surface area (Å²) in [6.45, 7) is 0.945. The van der Waals surface area contributed by atoms with Gasteiger partial charge in [0.1, 0.15) is 6.04 Å². The van der Waals surface area contributed by atoms with Crippen LogP contribution in [-0.2, 0) is 14.3 Å². The minimum Gasteiger partial charge on any atom is -0.481 e. The van der Waals surface area contributed by atoms with E-state index in [2.05, 4.69) is 5.32 Å². The van der Waals surface area contributed by atoms with E-state index in [-0.39, 0.29) is 18.9 Å². The van der Waals surface area contributed by atoms with Gasteiger partial charge in [-0.3, -0.25) is 14.9 Å². The second-order valence-corrected chi connectivity index (χ2v) is 7.16. The molecule has 0 spiro atoms. The van der Waals surface area contributed by atoms with Crippen molar-refractivity contribution >= 4 is 17.9 Å². The molecular formula is C18H30N2O6. The lowest BCUT2D eigenvalue weighted by Crippen LogP contribution is -2.39. The molecule has 2 unspecified atom stereocenters. The number of nitrogens with zero attached hydrogens (tertiary/aromatic N) is 1. The first-order chi connectivity index (χ1) is 12.5. The number of carboxylic acid groups (broad SMARTS) is 1. The van der Waals surface area contributed by atoms with E-state index in [4.69, 9.17) is 9.84 Å². The largest absolute Gasteiger partial charge is 0.481 e. The molecule has 2 atom stereocenters. The summed E-state index contributed by atoms with van der Waals surface area (Å²) in [5.74, 6) is -0.908. The smallest absolute Gasteiger partial charge is 0.324 e. The Kier molecular flexibility index (Phi) is 8.31. The van der Waals surface area contributed by atoms with Crippen LogP contribution in [0.3, 0.4) is 0 Å². The average molecular weight is 370 g/mol. The molecule has 0 aromatic heterocycles. The zero-order valence-corrected chi connectivity index (χ0v) is 15.2. The highest BCUT2D eigenvalue weighted by Crippen LogP contribution is 2.28. The number of aliphatic hydroxyl groups excluding tert-OH is 1. The van der Waals surface area contributed by atoms with Crippen molar-refractivity contribution in [1.82, 2.24) is 10.2 Å². The van der Waals surface area contributed by atoms with Gasteiger partial charge >= 0.3 is 12.0 Å². The second kappa shape index (κ2) is 10.5. The van der Waals surface area contributed by atoms with Crippen LogP contribution in [-0.4, -0.2) is 64.9 Å². The van der Waals surface area contributed by atoms with Crippen molar-refractivity contribution in [1.29, 1.82) is 0 Å². The van der Waals surface area contributed by atoms with Crippen molar-refractivity contribution in [3.05, 3.63) is 0 Å². The van der Waals surface area contributed by atoms with Gasteiger partial charge in [-0.15, -0.1) is 0 Å². The van der Waals surface area contributed by atoms with Crippen LogP contribution in [0.25, 0.3) is 0 Å². The van der Waals surface area contributed by atoms with Crippen LogP contribution in [0.4, 0.5) is 4.79 Å². The first-order valence-corrected chi connectivity index (χ1v) is 9.58. The molecule has 0 aromatic rings. The van der Waals surface area contributed by atoms with Gasteiger partial charge in [0.25, 0.3) is 5.91 Å². The van der Waals surface area contributed by atoms with Gasteiger partial charge in [0.15, 0.2) is 0 Å². The quantitative estimate of drug-likeness (QED) is 0.375. The molecule has 1 saturated heterocycles. The molecule has 0 aromatic carbocycles. The molecule has 8 nitrogen and oxygen atoms in total. The summed E-state index contributed by atoms with van der Waals surface area (Å²) in [5, 5.41) is 21.3. The minimum absolute atomic E-state index is 0.0492. The van der Waals surface area contributed by atoms with Crippen molar-refractivity contribution in [3.63, 3.8) is 0 Å². The van der Waals surface area contributed by atoms with Gasteiger partial charge in [-0.25, -0.2) is 4.79 Å². The molecule has 1 heterocycles. The van der Waals surface area contributed by atoms with E-state index in [1.807, 2.05) is 0 Å². The Morgan fingerprint density at radius 1 is 1.23 bits per heavy atom. The third-order valence-corrected chi connectivity index (χ3v) is 5.24. The lowest BCUT2D eigenvalue weighted by molar-refractivity contribution is -0.137. The molecule has 148 valence electrons. The molecule has 26 heavy (non-hydrogen) atoms. The maximum atomic E-state index is 12.0. The number of amides is 3. The van der Waals surface area contributed by atoms with Gasteiger partial charge in [-0.1, -0.05) is 19.3 Å². The summed E-state index contributed by atoms with van der Waals surface area (Å²) in [6, 6.07) is -0.998. The molecule has 0 bridgehead atoms. The van der Waals surface area contributed by atoms with E-state index in [9.17, 15) is 19.5 Å². The number of aliphatic carboxylic acids is 1. The molecule has 1 aliphatic carbocycles. The second-order valence-electron chi connectivity index (χ2n) is 7.16. The van der Waals surface area contributed by atoms with E-state index < -0.39 is 24.1 Å². The van der Waals surface area contributed by atoms with Crippen molar-refractivity contribution in [2.45, 2.75) is 69.9 Å². The highest BCUT2D eigenvalue weighted by molar-refractivity contribution is 6.04. The third-order valence-electron chi connectivity index (χ3n) is 5.24. The molecule has 2 fully saturated rings. The fourth-order valence-corrected chi connectivity index (χ4v) is 3.74. The Morgan fingerprint density at radius 2 is 1.96 bits per heavy atom. The molecule has 2 rings (SSSR count). The first-order valence-electron chi connectivity index (χ1n) is 9.58. The van der Waals surface area contributed by atoms with E-state index >= 15 is 0 Å². The van der Waals surface area contributed by atoms with Crippen molar-refractivity contribution < 1.29 is 29.3 Å². The summed E-state index contributed by atoms with van der Waals surface area (Å²) in [7, 11) is 0. The number of urea groups is 1. The van der Waals surface area contributed by atoms with E-state index in [1.54, 1.807) is 0 Å². The molecular weight excluding hydrogens is 340 g/mol. The SMILES string of the molecule is O=C(O)CCCOCCC1C(=O)NC(=O)N1CCC(O)C1CCCCC1. The number of nitrogens with one attached hydrogen (secondary N) is 1. The van der Waals surface area contributed by atoms with E-state index in [0.29, 0.717) is 38.3 Å². The Labute approximate surface area is 153 Å². The van der Waals surface area contributed by atoms with Crippen LogP contribution in [0.1, 0.15) is 57.8 Å². The van der Waals surface area contributed by atoms with E-state index in [0.717, 1.165) is 25.7 Å². The summed E-state index contributed by atoms with van der Waals surface area (Å²) >= 11 is 0. The molecule has 3 N–H and O–H groups in total. The summed E-state index contributed by atoms with van der Waals surface area (Å²) in [6.07, 6.45) is 6.44. The zero-order chi connectivity index (χ0) is 18.9. The number of carboxylic acids is 1. The van der Waals surface area contributed by atoms with Gasteiger partial charge in [0.05, 0.1) is 6.10 Å². The normalized spacial score (nSPS) is 22.5. The number of carbonyl (C=O) groups excluding carboxylic acids is 2. The summed E-state index contributed by atoms with van der Waals surface area (Å²) in [4.78, 5) is 35.9. The number of hydrogen-bond donors (Lipinski definition) is 3. The topological polar surface area (TPSA) is 116 Å².